The fourth-order valence-corrected chi connectivity index (χ4v) is 0.746. The molecule has 0 fully saturated rings. The third-order valence-electron chi connectivity index (χ3n) is 1.67. The van der Waals surface area contributed by atoms with Gasteiger partial charge in [-0.3, -0.25) is 0 Å². The molecule has 0 rings (SSSR count). The van der Waals surface area contributed by atoms with Crippen molar-refractivity contribution in [1.82, 2.24) is 5.48 Å². The summed E-state index contributed by atoms with van der Waals surface area (Å²) in [5.41, 5.74) is 2.11. The van der Waals surface area contributed by atoms with Crippen LogP contribution in [0.3, 0.4) is 0 Å². The highest BCUT2D eigenvalue weighted by molar-refractivity contribution is 4.65. The van der Waals surface area contributed by atoms with E-state index in [-0.39, 0.29) is 18.6 Å². The second-order valence-electron chi connectivity index (χ2n) is 2.27. The largest absolute Gasteiger partial charge is 0.396 e. The summed E-state index contributed by atoms with van der Waals surface area (Å²) in [6.45, 7) is 3.95. The van der Waals surface area contributed by atoms with Gasteiger partial charge in [-0.05, 0) is 19.3 Å². The number of rotatable bonds is 4. The summed E-state index contributed by atoms with van der Waals surface area (Å²) in [7, 11) is 0. The lowest BCUT2D eigenvalue weighted by Crippen LogP contribution is -2.32. The van der Waals surface area contributed by atoms with Gasteiger partial charge in [0.2, 0.25) is 0 Å². The predicted molar refractivity (Wildman–Crippen MR) is 35.3 cm³/mol. The Morgan fingerprint density at radius 2 is 2.11 bits per heavy atom. The standard InChI is InChI=1S/C6H15NO2/c1-3-6(4-8)5(2)7-9/h5-9H,3-4H2,1-2H3. The van der Waals surface area contributed by atoms with E-state index >= 15 is 0 Å². The Balaban J connectivity index is 3.50. The minimum absolute atomic E-state index is 0.0139. The van der Waals surface area contributed by atoms with Crippen LogP contribution < -0.4 is 5.48 Å². The highest BCUT2D eigenvalue weighted by atomic mass is 16.5. The van der Waals surface area contributed by atoms with E-state index in [1.165, 1.54) is 0 Å². The van der Waals surface area contributed by atoms with Crippen LogP contribution in [0.4, 0.5) is 0 Å². The van der Waals surface area contributed by atoms with Crippen molar-refractivity contribution in [3.63, 3.8) is 0 Å². The molecule has 2 unspecified atom stereocenters. The molecule has 0 bridgehead atoms. The summed E-state index contributed by atoms with van der Waals surface area (Å²) in [5, 5.41) is 17.1. The van der Waals surface area contributed by atoms with Crippen LogP contribution in [0.2, 0.25) is 0 Å². The maximum absolute atomic E-state index is 8.68. The lowest BCUT2D eigenvalue weighted by atomic mass is 10.0. The van der Waals surface area contributed by atoms with Gasteiger partial charge >= 0.3 is 0 Å². The minimum Gasteiger partial charge on any atom is -0.396 e. The van der Waals surface area contributed by atoms with Gasteiger partial charge in [0.05, 0.1) is 0 Å². The van der Waals surface area contributed by atoms with Gasteiger partial charge in [0.1, 0.15) is 0 Å². The summed E-state index contributed by atoms with van der Waals surface area (Å²) in [5.74, 6) is 0.162. The first-order chi connectivity index (χ1) is 4.26. The van der Waals surface area contributed by atoms with Gasteiger partial charge in [-0.15, -0.1) is 0 Å². The van der Waals surface area contributed by atoms with Crippen LogP contribution >= 0.6 is 0 Å². The van der Waals surface area contributed by atoms with Crippen molar-refractivity contribution in [2.45, 2.75) is 26.3 Å². The van der Waals surface area contributed by atoms with Crippen LogP contribution in [-0.2, 0) is 0 Å². The van der Waals surface area contributed by atoms with Gasteiger partial charge in [-0.1, -0.05) is 6.92 Å². The second-order valence-corrected chi connectivity index (χ2v) is 2.27. The molecule has 3 nitrogen and oxygen atoms in total. The zero-order valence-corrected chi connectivity index (χ0v) is 5.96. The van der Waals surface area contributed by atoms with Crippen molar-refractivity contribution in [1.29, 1.82) is 0 Å². The number of aliphatic hydroxyl groups is 1. The molecule has 3 N–H and O–H groups in total. The summed E-state index contributed by atoms with van der Waals surface area (Å²) in [6.07, 6.45) is 0.880. The van der Waals surface area contributed by atoms with Crippen LogP contribution in [0.25, 0.3) is 0 Å². The molecule has 0 heterocycles. The molecule has 0 amide bonds. The first kappa shape index (κ1) is 8.88. The maximum Gasteiger partial charge on any atom is 0.0474 e. The molecule has 0 aliphatic rings. The Bertz CT molecular complexity index is 64.1. The molecule has 0 aliphatic heterocycles. The van der Waals surface area contributed by atoms with E-state index in [4.69, 9.17) is 10.3 Å². The number of hydrogen-bond acceptors (Lipinski definition) is 3. The molecule has 0 aromatic heterocycles. The van der Waals surface area contributed by atoms with Crippen molar-refractivity contribution >= 4 is 0 Å². The third kappa shape index (κ3) is 2.79. The zero-order chi connectivity index (χ0) is 7.28. The molecule has 0 aromatic carbocycles. The highest BCUT2D eigenvalue weighted by Crippen LogP contribution is 2.05. The average Bonchev–Trinajstić information content (AvgIpc) is 1.90. The van der Waals surface area contributed by atoms with Gasteiger partial charge in [-0.25, -0.2) is 5.48 Å². The monoisotopic (exact) mass is 133 g/mol. The number of hydrogen-bond donors (Lipinski definition) is 3. The number of nitrogens with one attached hydrogen (secondary N) is 1. The first-order valence-corrected chi connectivity index (χ1v) is 3.26. The van der Waals surface area contributed by atoms with Crippen LogP contribution in [0.15, 0.2) is 0 Å². The Labute approximate surface area is 55.7 Å². The van der Waals surface area contributed by atoms with E-state index in [0.717, 1.165) is 6.42 Å². The van der Waals surface area contributed by atoms with E-state index < -0.39 is 0 Å². The van der Waals surface area contributed by atoms with E-state index in [1.54, 1.807) is 0 Å². The molecule has 56 valence electrons. The summed E-state index contributed by atoms with van der Waals surface area (Å²) in [4.78, 5) is 0. The second kappa shape index (κ2) is 4.73. The maximum atomic E-state index is 8.68. The van der Waals surface area contributed by atoms with Gasteiger partial charge in [0.25, 0.3) is 0 Å². The van der Waals surface area contributed by atoms with Crippen molar-refractivity contribution in [2.24, 2.45) is 5.92 Å². The van der Waals surface area contributed by atoms with Crippen LogP contribution in [0, 0.1) is 5.92 Å². The zero-order valence-electron chi connectivity index (χ0n) is 5.96. The van der Waals surface area contributed by atoms with Gasteiger partial charge in [0, 0.05) is 12.6 Å². The van der Waals surface area contributed by atoms with Crippen LogP contribution in [-0.4, -0.2) is 23.0 Å². The fourth-order valence-electron chi connectivity index (χ4n) is 0.746. The SMILES string of the molecule is CCC(CO)C(C)NO. The molecule has 3 heteroatoms. The fraction of sp³-hybridized carbons (Fsp3) is 1.00. The Morgan fingerprint density at radius 3 is 2.22 bits per heavy atom. The molecule has 0 saturated carbocycles. The lowest BCUT2D eigenvalue weighted by molar-refractivity contribution is 0.0801. The molecule has 0 radical (unpaired) electrons. The molecular formula is C6H15NO2. The van der Waals surface area contributed by atoms with Gasteiger partial charge < -0.3 is 10.3 Å². The van der Waals surface area contributed by atoms with Crippen molar-refractivity contribution in [3.05, 3.63) is 0 Å². The number of aliphatic hydroxyl groups excluding tert-OH is 1. The van der Waals surface area contributed by atoms with E-state index in [0.29, 0.717) is 0 Å². The molecule has 0 spiro atoms. The van der Waals surface area contributed by atoms with Crippen molar-refractivity contribution in [2.75, 3.05) is 6.61 Å². The van der Waals surface area contributed by atoms with Gasteiger partial charge in [0.15, 0.2) is 0 Å². The highest BCUT2D eigenvalue weighted by Gasteiger charge is 2.11. The molecule has 0 aromatic rings. The average molecular weight is 133 g/mol. The Hall–Kier alpha value is -0.120. The molecule has 0 saturated heterocycles. The van der Waals surface area contributed by atoms with E-state index in [1.807, 2.05) is 13.8 Å². The first-order valence-electron chi connectivity index (χ1n) is 3.26. The lowest BCUT2D eigenvalue weighted by Gasteiger charge is -2.17. The quantitative estimate of drug-likeness (QED) is 0.486. The third-order valence-corrected chi connectivity index (χ3v) is 1.67. The van der Waals surface area contributed by atoms with Crippen molar-refractivity contribution < 1.29 is 10.3 Å². The minimum atomic E-state index is -0.0139. The Morgan fingerprint density at radius 1 is 1.56 bits per heavy atom. The summed E-state index contributed by atoms with van der Waals surface area (Å²) >= 11 is 0. The smallest absolute Gasteiger partial charge is 0.0474 e. The van der Waals surface area contributed by atoms with Crippen LogP contribution in [0.5, 0.6) is 0 Å². The molecular weight excluding hydrogens is 118 g/mol. The van der Waals surface area contributed by atoms with Crippen molar-refractivity contribution in [3.8, 4) is 0 Å². The summed E-state index contributed by atoms with van der Waals surface area (Å²) in [6, 6.07) is -0.0139. The topological polar surface area (TPSA) is 52.5 Å². The molecule has 9 heavy (non-hydrogen) atoms. The van der Waals surface area contributed by atoms with Crippen LogP contribution in [0.1, 0.15) is 20.3 Å². The predicted octanol–water partition coefficient (Wildman–Crippen LogP) is 0.372. The molecule has 2 atom stereocenters. The van der Waals surface area contributed by atoms with Gasteiger partial charge in [-0.2, -0.15) is 0 Å². The number of hydroxylamine groups is 1. The van der Waals surface area contributed by atoms with E-state index in [2.05, 4.69) is 5.48 Å². The Kier molecular flexibility index (Phi) is 4.67. The normalized spacial score (nSPS) is 17.3. The van der Waals surface area contributed by atoms with E-state index in [9.17, 15) is 0 Å². The summed E-state index contributed by atoms with van der Waals surface area (Å²) < 4.78 is 0. The molecule has 0 aliphatic carbocycles.